The Bertz CT molecular complexity index is 659. The van der Waals surface area contributed by atoms with Gasteiger partial charge in [0.25, 0.3) is 0 Å². The van der Waals surface area contributed by atoms with Crippen molar-refractivity contribution in [1.82, 2.24) is 4.57 Å². The van der Waals surface area contributed by atoms with Gasteiger partial charge in [0.1, 0.15) is 0 Å². The van der Waals surface area contributed by atoms with Gasteiger partial charge in [-0.25, -0.2) is 0 Å². The molecule has 0 bridgehead atoms. The summed E-state index contributed by atoms with van der Waals surface area (Å²) >= 11 is 0. The molecule has 0 saturated carbocycles. The number of amides is 1. The van der Waals surface area contributed by atoms with Gasteiger partial charge in [-0.15, -0.1) is 0 Å². The first-order chi connectivity index (χ1) is 7.99. The van der Waals surface area contributed by atoms with Crippen LogP contribution in [0.15, 0.2) is 29.2 Å². The minimum absolute atomic E-state index is 0.0781. The Balaban J connectivity index is 2.72. The number of aromatic nitrogens is 1. The molecule has 0 fully saturated rings. The number of primary amides is 1. The lowest BCUT2D eigenvalue weighted by Crippen LogP contribution is -2.14. The Hall–Kier alpha value is -2.30. The molecule has 0 aliphatic heterocycles. The van der Waals surface area contributed by atoms with E-state index in [-0.39, 0.29) is 12.2 Å². The Morgan fingerprint density at radius 1 is 1.47 bits per heavy atom. The highest BCUT2D eigenvalue weighted by Gasteiger charge is 2.08. The quantitative estimate of drug-likeness (QED) is 0.779. The van der Waals surface area contributed by atoms with Crippen molar-refractivity contribution in [3.8, 4) is 5.75 Å². The van der Waals surface area contributed by atoms with E-state index in [0.717, 1.165) is 0 Å². The molecule has 5 heteroatoms. The standard InChI is InChI=1S/C12H12N2O3/c1-14-6-10(15)12(17)8-4-7(5-11(13)16)2-3-9(8)14/h2-4,6,15H,5H2,1H3,(H2,13,16). The third-order valence-electron chi connectivity index (χ3n) is 2.61. The van der Waals surface area contributed by atoms with Gasteiger partial charge in [0.05, 0.1) is 18.1 Å². The number of benzene rings is 1. The van der Waals surface area contributed by atoms with E-state index in [1.807, 2.05) is 0 Å². The molecule has 3 N–H and O–H groups in total. The van der Waals surface area contributed by atoms with Crippen LogP contribution in [0.3, 0.4) is 0 Å². The number of carbonyl (C=O) groups is 1. The maximum Gasteiger partial charge on any atom is 0.230 e. The molecule has 88 valence electrons. The van der Waals surface area contributed by atoms with Crippen LogP contribution in [0.1, 0.15) is 5.56 Å². The van der Waals surface area contributed by atoms with E-state index in [1.165, 1.54) is 6.20 Å². The van der Waals surface area contributed by atoms with Crippen LogP contribution in [0.5, 0.6) is 5.75 Å². The number of aryl methyl sites for hydroxylation is 1. The third-order valence-corrected chi connectivity index (χ3v) is 2.61. The number of aromatic hydroxyl groups is 1. The van der Waals surface area contributed by atoms with E-state index in [9.17, 15) is 14.7 Å². The van der Waals surface area contributed by atoms with Crippen LogP contribution >= 0.6 is 0 Å². The van der Waals surface area contributed by atoms with Gasteiger partial charge >= 0.3 is 0 Å². The van der Waals surface area contributed by atoms with E-state index in [4.69, 9.17) is 5.73 Å². The van der Waals surface area contributed by atoms with E-state index in [0.29, 0.717) is 16.5 Å². The molecule has 0 aliphatic rings. The number of hydrogen-bond acceptors (Lipinski definition) is 3. The fraction of sp³-hybridized carbons (Fsp3) is 0.167. The molecule has 2 aromatic rings. The van der Waals surface area contributed by atoms with Crippen molar-refractivity contribution in [2.45, 2.75) is 6.42 Å². The summed E-state index contributed by atoms with van der Waals surface area (Å²) in [6.45, 7) is 0. The topological polar surface area (TPSA) is 85.3 Å². The van der Waals surface area contributed by atoms with Crippen molar-refractivity contribution in [2.24, 2.45) is 12.8 Å². The SMILES string of the molecule is Cn1cc(O)c(=O)c2cc(CC(N)=O)ccc21. The first-order valence-corrected chi connectivity index (χ1v) is 5.08. The lowest BCUT2D eigenvalue weighted by molar-refractivity contribution is -0.117. The predicted octanol–water partition coefficient (Wildman–Crippen LogP) is 0.272. The molecule has 5 nitrogen and oxygen atoms in total. The van der Waals surface area contributed by atoms with Gasteiger partial charge in [-0.2, -0.15) is 0 Å². The Morgan fingerprint density at radius 3 is 2.82 bits per heavy atom. The molecule has 0 saturated heterocycles. The van der Waals surface area contributed by atoms with Crippen molar-refractivity contribution in [3.05, 3.63) is 40.2 Å². The molecular weight excluding hydrogens is 220 g/mol. The number of nitrogens with two attached hydrogens (primary N) is 1. The Morgan fingerprint density at radius 2 is 2.18 bits per heavy atom. The lowest BCUT2D eigenvalue weighted by atomic mass is 10.1. The third kappa shape index (κ3) is 1.99. The van der Waals surface area contributed by atoms with E-state index >= 15 is 0 Å². The van der Waals surface area contributed by atoms with Crippen LogP contribution in [0.25, 0.3) is 10.9 Å². The van der Waals surface area contributed by atoms with Crippen molar-refractivity contribution in [1.29, 1.82) is 0 Å². The largest absolute Gasteiger partial charge is 0.503 e. The number of hydrogen-bond donors (Lipinski definition) is 2. The molecule has 0 aliphatic carbocycles. The summed E-state index contributed by atoms with van der Waals surface area (Å²) in [6.07, 6.45) is 1.44. The van der Waals surface area contributed by atoms with E-state index in [2.05, 4.69) is 0 Å². The van der Waals surface area contributed by atoms with Crippen molar-refractivity contribution in [3.63, 3.8) is 0 Å². The molecule has 0 atom stereocenters. The Kier molecular flexibility index (Phi) is 2.59. The molecule has 1 heterocycles. The van der Waals surface area contributed by atoms with Gasteiger partial charge in [0.15, 0.2) is 5.75 Å². The van der Waals surface area contributed by atoms with Crippen molar-refractivity contribution in [2.75, 3.05) is 0 Å². The highest BCUT2D eigenvalue weighted by atomic mass is 16.3. The molecule has 0 spiro atoms. The average molecular weight is 232 g/mol. The molecule has 1 aromatic heterocycles. The number of pyridine rings is 1. The minimum Gasteiger partial charge on any atom is -0.503 e. The summed E-state index contributed by atoms with van der Waals surface area (Å²) in [4.78, 5) is 22.6. The zero-order valence-corrected chi connectivity index (χ0v) is 9.30. The highest BCUT2D eigenvalue weighted by Crippen LogP contribution is 2.15. The van der Waals surface area contributed by atoms with Gasteiger partial charge in [0.2, 0.25) is 11.3 Å². The van der Waals surface area contributed by atoms with Gasteiger partial charge in [-0.1, -0.05) is 6.07 Å². The second-order valence-electron chi connectivity index (χ2n) is 3.95. The molecule has 0 radical (unpaired) electrons. The number of carbonyl (C=O) groups excluding carboxylic acids is 1. The normalized spacial score (nSPS) is 10.6. The second-order valence-corrected chi connectivity index (χ2v) is 3.95. The van der Waals surface area contributed by atoms with Crippen LogP contribution in [0, 0.1) is 0 Å². The molecule has 17 heavy (non-hydrogen) atoms. The number of rotatable bonds is 2. The van der Waals surface area contributed by atoms with Gasteiger partial charge < -0.3 is 15.4 Å². The van der Waals surface area contributed by atoms with Crippen LogP contribution in [-0.4, -0.2) is 15.6 Å². The van der Waals surface area contributed by atoms with Crippen molar-refractivity contribution >= 4 is 16.8 Å². The van der Waals surface area contributed by atoms with Gasteiger partial charge in [-0.3, -0.25) is 9.59 Å². The maximum absolute atomic E-state index is 11.7. The van der Waals surface area contributed by atoms with Crippen molar-refractivity contribution < 1.29 is 9.90 Å². The second kappa shape index (κ2) is 3.93. The van der Waals surface area contributed by atoms with Crippen LogP contribution in [0.2, 0.25) is 0 Å². The first kappa shape index (κ1) is 11.2. The minimum atomic E-state index is -0.457. The number of nitrogens with zero attached hydrogens (tertiary/aromatic N) is 1. The fourth-order valence-electron chi connectivity index (χ4n) is 1.83. The fourth-order valence-corrected chi connectivity index (χ4v) is 1.83. The molecule has 0 unspecified atom stereocenters. The van der Waals surface area contributed by atoms with E-state index < -0.39 is 11.3 Å². The monoisotopic (exact) mass is 232 g/mol. The lowest BCUT2D eigenvalue weighted by Gasteiger charge is -2.07. The summed E-state index contributed by atoms with van der Waals surface area (Å²) in [7, 11) is 1.73. The molecule has 1 amide bonds. The van der Waals surface area contributed by atoms with Gasteiger partial charge in [-0.05, 0) is 17.7 Å². The highest BCUT2D eigenvalue weighted by molar-refractivity contribution is 5.83. The smallest absolute Gasteiger partial charge is 0.230 e. The van der Waals surface area contributed by atoms with E-state index in [1.54, 1.807) is 29.8 Å². The van der Waals surface area contributed by atoms with Crippen LogP contribution < -0.4 is 11.2 Å². The van der Waals surface area contributed by atoms with Crippen LogP contribution in [0.4, 0.5) is 0 Å². The van der Waals surface area contributed by atoms with Crippen LogP contribution in [-0.2, 0) is 18.3 Å². The summed E-state index contributed by atoms with van der Waals surface area (Å²) in [5.41, 5.74) is 6.01. The zero-order valence-electron chi connectivity index (χ0n) is 9.30. The maximum atomic E-state index is 11.7. The summed E-state index contributed by atoms with van der Waals surface area (Å²) < 4.78 is 1.65. The average Bonchev–Trinajstić information content (AvgIpc) is 2.25. The molecule has 1 aromatic carbocycles. The summed E-state index contributed by atoms with van der Waals surface area (Å²) in [5.74, 6) is -0.766. The summed E-state index contributed by atoms with van der Waals surface area (Å²) in [6, 6.07) is 5.06. The number of fused-ring (bicyclic) bond motifs is 1. The van der Waals surface area contributed by atoms with Gasteiger partial charge in [0, 0.05) is 12.4 Å². The molecular formula is C12H12N2O3. The first-order valence-electron chi connectivity index (χ1n) is 5.08. The molecule has 2 rings (SSSR count). The predicted molar refractivity (Wildman–Crippen MR) is 63.8 cm³/mol. The summed E-state index contributed by atoms with van der Waals surface area (Å²) in [5, 5.41) is 9.83. The Labute approximate surface area is 97.1 Å². The zero-order chi connectivity index (χ0) is 12.6.